The van der Waals surface area contributed by atoms with Crippen LogP contribution in [0.4, 0.5) is 0 Å². The minimum atomic E-state index is -0.759. The molecule has 344 valence electrons. The van der Waals surface area contributed by atoms with Gasteiger partial charge < -0.3 is 14.2 Å². The Morgan fingerprint density at radius 2 is 0.655 bits per heavy atom. The van der Waals surface area contributed by atoms with Crippen LogP contribution < -0.4 is 0 Å². The molecule has 0 rings (SSSR count). The van der Waals surface area contributed by atoms with Crippen molar-refractivity contribution in [1.29, 1.82) is 0 Å². The van der Waals surface area contributed by atoms with E-state index in [-0.39, 0.29) is 31.1 Å². The van der Waals surface area contributed by atoms with Crippen molar-refractivity contribution in [1.82, 2.24) is 0 Å². The predicted octanol–water partition coefficient (Wildman–Crippen LogP) is 16.5. The van der Waals surface area contributed by atoms with Gasteiger partial charge in [-0.25, -0.2) is 0 Å². The molecule has 0 aromatic heterocycles. The van der Waals surface area contributed by atoms with E-state index in [4.69, 9.17) is 14.2 Å². The second-order valence-corrected chi connectivity index (χ2v) is 18.5. The third kappa shape index (κ3) is 44.0. The van der Waals surface area contributed by atoms with Gasteiger partial charge >= 0.3 is 17.9 Å². The molecular weight excluding hydrogens is 721 g/mol. The minimum Gasteiger partial charge on any atom is -0.462 e. The molecule has 0 spiro atoms. The van der Waals surface area contributed by atoms with Crippen LogP contribution in [0.1, 0.15) is 285 Å². The Labute approximate surface area is 361 Å². The molecule has 0 aromatic rings. The summed E-state index contributed by atoms with van der Waals surface area (Å²) in [5, 5.41) is 0. The molecule has 0 aliphatic rings. The van der Waals surface area contributed by atoms with Gasteiger partial charge in [-0.05, 0) is 31.1 Å². The monoisotopic (exact) mass is 821 g/mol. The minimum absolute atomic E-state index is 0.0648. The summed E-state index contributed by atoms with van der Waals surface area (Å²) in [6.07, 6.45) is 45.5. The predicted molar refractivity (Wildman–Crippen MR) is 247 cm³/mol. The Morgan fingerprint density at radius 1 is 0.362 bits per heavy atom. The summed E-state index contributed by atoms with van der Waals surface area (Å²) >= 11 is 0. The summed E-state index contributed by atoms with van der Waals surface area (Å²) in [4.78, 5) is 37.6. The number of carbonyl (C=O) groups is 3. The number of esters is 3. The van der Waals surface area contributed by atoms with Crippen LogP contribution in [0.2, 0.25) is 0 Å². The lowest BCUT2D eigenvalue weighted by Gasteiger charge is -2.18. The number of ether oxygens (including phenoxy) is 3. The molecule has 0 bridgehead atoms. The smallest absolute Gasteiger partial charge is 0.306 e. The zero-order chi connectivity index (χ0) is 42.6. The summed E-state index contributed by atoms with van der Waals surface area (Å²) in [6.45, 7) is 11.3. The molecule has 0 radical (unpaired) electrons. The molecule has 0 amide bonds. The van der Waals surface area contributed by atoms with Gasteiger partial charge in [-0.2, -0.15) is 0 Å². The average molecular weight is 821 g/mol. The van der Waals surface area contributed by atoms with Crippen molar-refractivity contribution in [3.05, 3.63) is 0 Å². The molecule has 6 nitrogen and oxygen atoms in total. The van der Waals surface area contributed by atoms with E-state index in [0.29, 0.717) is 19.3 Å². The van der Waals surface area contributed by atoms with Crippen molar-refractivity contribution in [3.8, 4) is 0 Å². The highest BCUT2D eigenvalue weighted by atomic mass is 16.6. The van der Waals surface area contributed by atoms with Crippen LogP contribution in [0.5, 0.6) is 0 Å². The first-order valence-electron chi connectivity index (χ1n) is 25.8. The summed E-state index contributed by atoms with van der Waals surface area (Å²) < 4.78 is 16.7. The molecular formula is C52H100O6. The van der Waals surface area contributed by atoms with Crippen molar-refractivity contribution in [3.63, 3.8) is 0 Å². The van der Waals surface area contributed by atoms with Gasteiger partial charge in [0, 0.05) is 19.3 Å². The van der Waals surface area contributed by atoms with Crippen molar-refractivity contribution in [2.75, 3.05) is 13.2 Å². The number of hydrogen-bond donors (Lipinski definition) is 0. The van der Waals surface area contributed by atoms with Gasteiger partial charge in [0.25, 0.3) is 0 Å². The highest BCUT2D eigenvalue weighted by molar-refractivity contribution is 5.71. The third-order valence-electron chi connectivity index (χ3n) is 12.1. The lowest BCUT2D eigenvalue weighted by molar-refractivity contribution is -0.167. The zero-order valence-electron chi connectivity index (χ0n) is 39.7. The molecule has 1 unspecified atom stereocenters. The highest BCUT2D eigenvalue weighted by Gasteiger charge is 2.19. The zero-order valence-corrected chi connectivity index (χ0v) is 39.7. The molecule has 2 atom stereocenters. The molecule has 0 aliphatic heterocycles. The van der Waals surface area contributed by atoms with Crippen molar-refractivity contribution < 1.29 is 28.6 Å². The quantitative estimate of drug-likeness (QED) is 0.0346. The third-order valence-corrected chi connectivity index (χ3v) is 12.1. The second kappa shape index (κ2) is 44.9. The van der Waals surface area contributed by atoms with E-state index in [1.807, 2.05) is 0 Å². The molecule has 58 heavy (non-hydrogen) atoms. The van der Waals surface area contributed by atoms with Crippen LogP contribution in [0.3, 0.4) is 0 Å². The van der Waals surface area contributed by atoms with Crippen LogP contribution in [-0.4, -0.2) is 37.2 Å². The Hall–Kier alpha value is -1.59. The van der Waals surface area contributed by atoms with E-state index < -0.39 is 6.10 Å². The Balaban J connectivity index is 4.07. The van der Waals surface area contributed by atoms with Gasteiger partial charge in [0.1, 0.15) is 13.2 Å². The van der Waals surface area contributed by atoms with Crippen LogP contribution in [-0.2, 0) is 28.6 Å². The van der Waals surface area contributed by atoms with Crippen LogP contribution in [0.15, 0.2) is 0 Å². The SMILES string of the molecule is CCCCCCCC(=O)OC[C@H](COC(=O)CCCCCCCCCCCCCCCCCCCCC(C)C)OC(=O)CCCCCCCCCCCCC(C)CC. The number of hydrogen-bond acceptors (Lipinski definition) is 6. The first-order chi connectivity index (χ1) is 28.3. The molecule has 0 N–H and O–H groups in total. The van der Waals surface area contributed by atoms with Crippen molar-refractivity contribution >= 4 is 17.9 Å². The second-order valence-electron chi connectivity index (χ2n) is 18.5. The fourth-order valence-corrected chi connectivity index (χ4v) is 7.78. The Kier molecular flexibility index (Phi) is 43.7. The van der Waals surface area contributed by atoms with E-state index in [2.05, 4.69) is 34.6 Å². The Bertz CT molecular complexity index is 887. The fourth-order valence-electron chi connectivity index (χ4n) is 7.78. The van der Waals surface area contributed by atoms with E-state index >= 15 is 0 Å². The van der Waals surface area contributed by atoms with Crippen LogP contribution in [0.25, 0.3) is 0 Å². The van der Waals surface area contributed by atoms with E-state index in [1.54, 1.807) is 0 Å². The molecule has 6 heteroatoms. The first kappa shape index (κ1) is 56.4. The van der Waals surface area contributed by atoms with Crippen molar-refractivity contribution in [2.45, 2.75) is 291 Å². The van der Waals surface area contributed by atoms with Gasteiger partial charge in [0.2, 0.25) is 0 Å². The molecule has 0 aliphatic carbocycles. The summed E-state index contributed by atoms with van der Waals surface area (Å²) in [7, 11) is 0. The maximum atomic E-state index is 12.7. The summed E-state index contributed by atoms with van der Waals surface area (Å²) in [5.41, 5.74) is 0. The average Bonchev–Trinajstić information content (AvgIpc) is 3.21. The van der Waals surface area contributed by atoms with Gasteiger partial charge in [-0.1, -0.05) is 247 Å². The van der Waals surface area contributed by atoms with E-state index in [1.165, 1.54) is 167 Å². The van der Waals surface area contributed by atoms with Gasteiger partial charge in [0.15, 0.2) is 6.10 Å². The standard InChI is InChI=1S/C52H100O6/c1-6-8-9-30-37-42-50(53)56-45-49(58-52(55)44-39-34-29-25-21-20-23-27-32-36-41-48(5)7-2)46-57-51(54)43-38-33-28-24-19-17-15-13-11-10-12-14-16-18-22-26-31-35-40-47(3)4/h47-49H,6-46H2,1-5H3/t48?,49-/m1/s1. The molecule has 0 saturated carbocycles. The van der Waals surface area contributed by atoms with Crippen LogP contribution >= 0.6 is 0 Å². The Morgan fingerprint density at radius 3 is 0.983 bits per heavy atom. The normalized spacial score (nSPS) is 12.5. The van der Waals surface area contributed by atoms with Gasteiger partial charge in [-0.3, -0.25) is 14.4 Å². The molecule has 0 aromatic carbocycles. The fraction of sp³-hybridized carbons (Fsp3) is 0.942. The lowest BCUT2D eigenvalue weighted by Crippen LogP contribution is -2.30. The number of carbonyl (C=O) groups excluding carboxylic acids is 3. The lowest BCUT2D eigenvalue weighted by atomic mass is 9.99. The summed E-state index contributed by atoms with van der Waals surface area (Å²) in [6, 6.07) is 0. The van der Waals surface area contributed by atoms with Crippen molar-refractivity contribution in [2.24, 2.45) is 11.8 Å². The number of unbranched alkanes of at least 4 members (excludes halogenated alkanes) is 30. The van der Waals surface area contributed by atoms with Gasteiger partial charge in [-0.15, -0.1) is 0 Å². The maximum absolute atomic E-state index is 12.7. The molecule has 0 saturated heterocycles. The first-order valence-corrected chi connectivity index (χ1v) is 25.8. The summed E-state index contributed by atoms with van der Waals surface area (Å²) in [5.74, 6) is 0.863. The molecule has 0 fully saturated rings. The highest BCUT2D eigenvalue weighted by Crippen LogP contribution is 2.18. The van der Waals surface area contributed by atoms with E-state index in [9.17, 15) is 14.4 Å². The van der Waals surface area contributed by atoms with Crippen LogP contribution in [0, 0.1) is 11.8 Å². The largest absolute Gasteiger partial charge is 0.462 e. The number of rotatable bonds is 46. The van der Waals surface area contributed by atoms with E-state index in [0.717, 1.165) is 76.0 Å². The topological polar surface area (TPSA) is 78.9 Å². The van der Waals surface area contributed by atoms with Gasteiger partial charge in [0.05, 0.1) is 0 Å². The molecule has 0 heterocycles. The maximum Gasteiger partial charge on any atom is 0.306 e.